The van der Waals surface area contributed by atoms with Gasteiger partial charge in [0.25, 0.3) is 0 Å². The van der Waals surface area contributed by atoms with Crippen LogP contribution in [0.2, 0.25) is 0 Å². The Bertz CT molecular complexity index is 679. The summed E-state index contributed by atoms with van der Waals surface area (Å²) in [6.07, 6.45) is 0.807. The van der Waals surface area contributed by atoms with Crippen molar-refractivity contribution in [3.8, 4) is 0 Å². The van der Waals surface area contributed by atoms with Gasteiger partial charge in [-0.3, -0.25) is 9.89 Å². The Hall–Kier alpha value is -2.83. The summed E-state index contributed by atoms with van der Waals surface area (Å²) in [7, 11) is 0. The quantitative estimate of drug-likeness (QED) is 0.675. The Balaban J connectivity index is 2.29. The Morgan fingerprint density at radius 1 is 1.33 bits per heavy atom. The maximum absolute atomic E-state index is 11.3. The molecule has 1 amide bonds. The van der Waals surface area contributed by atoms with Gasteiger partial charge in [0.1, 0.15) is 0 Å². The van der Waals surface area contributed by atoms with Crippen LogP contribution in [-0.4, -0.2) is 27.2 Å². The van der Waals surface area contributed by atoms with E-state index in [-0.39, 0.29) is 11.5 Å². The van der Waals surface area contributed by atoms with E-state index >= 15 is 0 Å². The minimum atomic E-state index is -1.09. The number of nitrogens with zero attached hydrogens (tertiary/aromatic N) is 1. The SMILES string of the molecule is CCc1cc(Nc2ccc(NC(C)=O)cc2C(=O)O)n[nH]1. The van der Waals surface area contributed by atoms with E-state index in [0.29, 0.717) is 17.2 Å². The number of nitrogens with one attached hydrogen (secondary N) is 3. The van der Waals surface area contributed by atoms with Crippen molar-refractivity contribution >= 4 is 29.1 Å². The zero-order chi connectivity index (χ0) is 15.4. The molecule has 0 bridgehead atoms. The molecule has 4 N–H and O–H groups in total. The monoisotopic (exact) mass is 288 g/mol. The first-order valence-corrected chi connectivity index (χ1v) is 6.46. The summed E-state index contributed by atoms with van der Waals surface area (Å²) >= 11 is 0. The molecule has 0 saturated carbocycles. The first kappa shape index (κ1) is 14.6. The summed E-state index contributed by atoms with van der Waals surface area (Å²) in [5.41, 5.74) is 1.85. The van der Waals surface area contributed by atoms with Crippen LogP contribution in [0, 0.1) is 0 Å². The molecule has 0 fully saturated rings. The number of carboxylic acid groups (broad SMARTS) is 1. The van der Waals surface area contributed by atoms with Crippen molar-refractivity contribution < 1.29 is 14.7 Å². The van der Waals surface area contributed by atoms with Crippen molar-refractivity contribution in [2.75, 3.05) is 10.6 Å². The summed E-state index contributed by atoms with van der Waals surface area (Å²) in [6, 6.07) is 6.44. The fourth-order valence-electron chi connectivity index (χ4n) is 1.86. The number of aromatic amines is 1. The van der Waals surface area contributed by atoms with Crippen LogP contribution < -0.4 is 10.6 Å². The molecule has 0 spiro atoms. The molecule has 0 aliphatic rings. The highest BCUT2D eigenvalue weighted by Crippen LogP contribution is 2.24. The van der Waals surface area contributed by atoms with Crippen molar-refractivity contribution in [2.24, 2.45) is 0 Å². The molecule has 2 rings (SSSR count). The van der Waals surface area contributed by atoms with Gasteiger partial charge in [0.15, 0.2) is 5.82 Å². The van der Waals surface area contributed by atoms with Gasteiger partial charge in [-0.1, -0.05) is 6.92 Å². The third-order valence-electron chi connectivity index (χ3n) is 2.84. The van der Waals surface area contributed by atoms with E-state index in [1.807, 2.05) is 13.0 Å². The van der Waals surface area contributed by atoms with Gasteiger partial charge in [-0.25, -0.2) is 4.79 Å². The van der Waals surface area contributed by atoms with E-state index in [1.54, 1.807) is 12.1 Å². The first-order valence-electron chi connectivity index (χ1n) is 6.46. The number of benzene rings is 1. The van der Waals surface area contributed by atoms with E-state index in [2.05, 4.69) is 20.8 Å². The van der Waals surface area contributed by atoms with E-state index in [0.717, 1.165) is 12.1 Å². The molecular formula is C14H16N4O3. The zero-order valence-corrected chi connectivity index (χ0v) is 11.7. The largest absolute Gasteiger partial charge is 0.478 e. The second kappa shape index (κ2) is 6.08. The molecule has 0 atom stereocenters. The number of carbonyl (C=O) groups excluding carboxylic acids is 1. The molecule has 0 aliphatic carbocycles. The number of hydrogen-bond acceptors (Lipinski definition) is 4. The summed E-state index contributed by atoms with van der Waals surface area (Å²) in [5, 5.41) is 21.7. The third-order valence-corrected chi connectivity index (χ3v) is 2.84. The molecule has 1 heterocycles. The second-order valence-electron chi connectivity index (χ2n) is 4.50. The zero-order valence-electron chi connectivity index (χ0n) is 11.7. The number of aromatic carboxylic acids is 1. The molecule has 1 aromatic carbocycles. The fourth-order valence-corrected chi connectivity index (χ4v) is 1.86. The van der Waals surface area contributed by atoms with Gasteiger partial charge in [-0.15, -0.1) is 0 Å². The Morgan fingerprint density at radius 3 is 2.67 bits per heavy atom. The number of carbonyl (C=O) groups is 2. The van der Waals surface area contributed by atoms with Gasteiger partial charge < -0.3 is 15.7 Å². The van der Waals surface area contributed by atoms with Crippen LogP contribution in [0.1, 0.15) is 29.9 Å². The van der Waals surface area contributed by atoms with Crippen LogP contribution in [0.25, 0.3) is 0 Å². The highest BCUT2D eigenvalue weighted by Gasteiger charge is 2.13. The molecule has 7 nitrogen and oxygen atoms in total. The molecule has 110 valence electrons. The average Bonchev–Trinajstić information content (AvgIpc) is 2.87. The molecule has 0 aliphatic heterocycles. The van der Waals surface area contributed by atoms with Gasteiger partial charge in [0.2, 0.25) is 5.91 Å². The lowest BCUT2D eigenvalue weighted by Crippen LogP contribution is -2.08. The predicted octanol–water partition coefficient (Wildman–Crippen LogP) is 2.37. The standard InChI is InChI=1S/C14H16N4O3/c1-3-9-7-13(18-17-9)16-12-5-4-10(15-8(2)19)6-11(12)14(20)21/h4-7H,3H2,1-2H3,(H,15,19)(H,20,21)(H2,16,17,18). The van der Waals surface area contributed by atoms with E-state index < -0.39 is 5.97 Å². The van der Waals surface area contributed by atoms with Gasteiger partial charge in [-0.2, -0.15) is 5.10 Å². The molecular weight excluding hydrogens is 272 g/mol. The summed E-state index contributed by atoms with van der Waals surface area (Å²) in [4.78, 5) is 22.3. The van der Waals surface area contributed by atoms with Crippen molar-refractivity contribution in [1.29, 1.82) is 0 Å². The van der Waals surface area contributed by atoms with Crippen molar-refractivity contribution in [1.82, 2.24) is 10.2 Å². The van der Waals surface area contributed by atoms with E-state index in [4.69, 9.17) is 0 Å². The van der Waals surface area contributed by atoms with Crippen LogP contribution in [0.3, 0.4) is 0 Å². The second-order valence-corrected chi connectivity index (χ2v) is 4.50. The average molecular weight is 288 g/mol. The van der Waals surface area contributed by atoms with Crippen LogP contribution in [0.4, 0.5) is 17.2 Å². The Morgan fingerprint density at radius 2 is 2.10 bits per heavy atom. The normalized spacial score (nSPS) is 10.2. The lowest BCUT2D eigenvalue weighted by molar-refractivity contribution is -0.114. The molecule has 7 heteroatoms. The third kappa shape index (κ3) is 3.59. The Kier molecular flexibility index (Phi) is 4.22. The number of anilines is 3. The highest BCUT2D eigenvalue weighted by atomic mass is 16.4. The lowest BCUT2D eigenvalue weighted by Gasteiger charge is -2.09. The molecule has 2 aromatic rings. The number of hydrogen-bond donors (Lipinski definition) is 4. The van der Waals surface area contributed by atoms with Crippen LogP contribution in [0.5, 0.6) is 0 Å². The summed E-state index contributed by atoms with van der Waals surface area (Å²) in [6.45, 7) is 3.35. The smallest absolute Gasteiger partial charge is 0.337 e. The minimum Gasteiger partial charge on any atom is -0.478 e. The molecule has 1 aromatic heterocycles. The number of rotatable bonds is 5. The maximum Gasteiger partial charge on any atom is 0.337 e. The highest BCUT2D eigenvalue weighted by molar-refractivity contribution is 5.98. The molecule has 0 saturated heterocycles. The molecule has 0 radical (unpaired) electrons. The number of aromatic nitrogens is 2. The summed E-state index contributed by atoms with van der Waals surface area (Å²) in [5.74, 6) is -0.801. The van der Waals surface area contributed by atoms with Gasteiger partial charge in [0.05, 0.1) is 11.3 Å². The van der Waals surface area contributed by atoms with E-state index in [1.165, 1.54) is 13.0 Å². The number of H-pyrrole nitrogens is 1. The first-order chi connectivity index (χ1) is 9.99. The van der Waals surface area contributed by atoms with E-state index in [9.17, 15) is 14.7 Å². The predicted molar refractivity (Wildman–Crippen MR) is 79.0 cm³/mol. The van der Waals surface area contributed by atoms with Crippen molar-refractivity contribution in [2.45, 2.75) is 20.3 Å². The fraction of sp³-hybridized carbons (Fsp3) is 0.214. The summed E-state index contributed by atoms with van der Waals surface area (Å²) < 4.78 is 0. The van der Waals surface area contributed by atoms with Crippen molar-refractivity contribution in [3.63, 3.8) is 0 Å². The van der Waals surface area contributed by atoms with Gasteiger partial charge >= 0.3 is 5.97 Å². The van der Waals surface area contributed by atoms with Gasteiger partial charge in [0, 0.05) is 24.4 Å². The lowest BCUT2D eigenvalue weighted by atomic mass is 10.1. The Labute approximate surface area is 121 Å². The number of aryl methyl sites for hydroxylation is 1. The van der Waals surface area contributed by atoms with Crippen LogP contribution in [-0.2, 0) is 11.2 Å². The minimum absolute atomic E-state index is 0.0577. The van der Waals surface area contributed by atoms with Crippen LogP contribution in [0.15, 0.2) is 24.3 Å². The number of amides is 1. The van der Waals surface area contributed by atoms with Crippen LogP contribution >= 0.6 is 0 Å². The number of carboxylic acids is 1. The maximum atomic E-state index is 11.3. The molecule has 0 unspecified atom stereocenters. The van der Waals surface area contributed by atoms with Crippen molar-refractivity contribution in [3.05, 3.63) is 35.5 Å². The van der Waals surface area contributed by atoms with Gasteiger partial charge in [-0.05, 0) is 24.6 Å². The molecule has 21 heavy (non-hydrogen) atoms. The topological polar surface area (TPSA) is 107 Å².